The fraction of sp³-hybridized carbons (Fsp3) is 0.818. The zero-order valence-electron chi connectivity index (χ0n) is 10.3. The highest BCUT2D eigenvalue weighted by Crippen LogP contribution is 2.41. The molecule has 0 aromatic carbocycles. The Kier molecular flexibility index (Phi) is 10.6. The maximum Gasteiger partial charge on any atom is 0.190 e. The van der Waals surface area contributed by atoms with E-state index in [4.69, 9.17) is 23.2 Å². The highest BCUT2D eigenvalue weighted by atomic mass is 35.5. The highest BCUT2D eigenvalue weighted by molar-refractivity contribution is 8.23. The van der Waals surface area contributed by atoms with E-state index in [0.29, 0.717) is 34.4 Å². The van der Waals surface area contributed by atoms with E-state index in [1.807, 2.05) is 23.5 Å². The van der Waals surface area contributed by atoms with E-state index in [9.17, 15) is 9.59 Å². The molecule has 0 aromatic heterocycles. The van der Waals surface area contributed by atoms with Crippen LogP contribution in [0.1, 0.15) is 12.8 Å². The van der Waals surface area contributed by atoms with Gasteiger partial charge in [0.1, 0.15) is 0 Å². The zero-order valence-corrected chi connectivity index (χ0v) is 15.1. The highest BCUT2D eigenvalue weighted by Gasteiger charge is 2.27. The molecule has 1 aliphatic heterocycles. The summed E-state index contributed by atoms with van der Waals surface area (Å²) in [6.45, 7) is 0. The van der Waals surface area contributed by atoms with Crippen LogP contribution in [0.2, 0.25) is 0 Å². The van der Waals surface area contributed by atoms with Gasteiger partial charge < -0.3 is 0 Å². The van der Waals surface area contributed by atoms with Crippen molar-refractivity contribution in [2.75, 3.05) is 29.0 Å². The second-order valence-corrected chi connectivity index (χ2v) is 9.72. The van der Waals surface area contributed by atoms with Crippen LogP contribution in [0.3, 0.4) is 0 Å². The summed E-state index contributed by atoms with van der Waals surface area (Å²) in [6.07, 6.45) is 0.892. The zero-order chi connectivity index (χ0) is 14.1. The van der Waals surface area contributed by atoms with E-state index in [1.165, 1.54) is 23.5 Å². The van der Waals surface area contributed by atoms with E-state index < -0.39 is 0 Å². The minimum Gasteiger partial charge on any atom is -0.287 e. The van der Waals surface area contributed by atoms with Crippen molar-refractivity contribution in [3.05, 3.63) is 0 Å². The number of thioether (sulfide) groups is 4. The van der Waals surface area contributed by atoms with Crippen LogP contribution in [0.25, 0.3) is 0 Å². The molecule has 110 valence electrons. The van der Waals surface area contributed by atoms with Gasteiger partial charge in [-0.3, -0.25) is 9.59 Å². The molecular weight excluding hydrogens is 363 g/mol. The lowest BCUT2D eigenvalue weighted by molar-refractivity contribution is -0.111. The second-order valence-electron chi connectivity index (χ2n) is 3.76. The largest absolute Gasteiger partial charge is 0.287 e. The van der Waals surface area contributed by atoms with E-state index in [2.05, 4.69) is 0 Å². The fourth-order valence-corrected chi connectivity index (χ4v) is 7.52. The van der Waals surface area contributed by atoms with Crippen LogP contribution in [0, 0.1) is 0 Å². The first-order valence-corrected chi connectivity index (χ1v) is 10.9. The smallest absolute Gasteiger partial charge is 0.190 e. The van der Waals surface area contributed by atoms with Crippen LogP contribution in [0.5, 0.6) is 0 Å². The molecule has 0 amide bonds. The third-order valence-corrected chi connectivity index (χ3v) is 8.63. The minimum absolute atomic E-state index is 0.173. The summed E-state index contributed by atoms with van der Waals surface area (Å²) in [6, 6.07) is 0. The van der Waals surface area contributed by atoms with Gasteiger partial charge in [-0.15, -0.1) is 46.7 Å². The molecule has 1 heterocycles. The molecule has 0 saturated carbocycles. The van der Waals surface area contributed by atoms with Gasteiger partial charge in [0.25, 0.3) is 0 Å². The van der Waals surface area contributed by atoms with Crippen molar-refractivity contribution in [2.45, 2.75) is 22.7 Å². The Morgan fingerprint density at radius 1 is 1.05 bits per heavy atom. The van der Waals surface area contributed by atoms with Gasteiger partial charge in [-0.1, -0.05) is 23.5 Å². The van der Waals surface area contributed by atoms with Crippen molar-refractivity contribution in [3.63, 3.8) is 0 Å². The Bertz CT molecular complexity index is 276. The van der Waals surface area contributed by atoms with Crippen LogP contribution >= 0.6 is 70.2 Å². The predicted octanol–water partition coefficient (Wildman–Crippen LogP) is 3.94. The number of hydrogen-bond donors (Lipinski definition) is 0. The Morgan fingerprint density at radius 2 is 1.63 bits per heavy atom. The van der Waals surface area contributed by atoms with E-state index in [0.717, 1.165) is 17.3 Å². The minimum atomic E-state index is 0.173. The van der Waals surface area contributed by atoms with Crippen LogP contribution in [0.4, 0.5) is 0 Å². The molecule has 2 nitrogen and oxygen atoms in total. The first-order chi connectivity index (χ1) is 9.15. The Morgan fingerprint density at radius 3 is 2.21 bits per heavy atom. The molecule has 1 rings (SSSR count). The molecule has 1 aliphatic rings. The molecular formula is C11H16Cl2O2S4. The fourth-order valence-electron chi connectivity index (χ4n) is 1.33. The summed E-state index contributed by atoms with van der Waals surface area (Å²) in [7, 11) is 0. The van der Waals surface area contributed by atoms with Crippen LogP contribution < -0.4 is 0 Å². The van der Waals surface area contributed by atoms with E-state index in [1.54, 1.807) is 0 Å². The lowest BCUT2D eigenvalue weighted by Gasteiger charge is -2.09. The van der Waals surface area contributed by atoms with Gasteiger partial charge >= 0.3 is 0 Å². The summed E-state index contributed by atoms with van der Waals surface area (Å²) < 4.78 is 0.456. The molecule has 0 radical (unpaired) electrons. The first-order valence-electron chi connectivity index (χ1n) is 5.86. The van der Waals surface area contributed by atoms with Crippen molar-refractivity contribution >= 4 is 80.5 Å². The van der Waals surface area contributed by atoms with Gasteiger partial charge in [-0.05, 0) is 0 Å². The van der Waals surface area contributed by atoms with Crippen molar-refractivity contribution in [2.24, 2.45) is 0 Å². The average Bonchev–Trinajstić information content (AvgIpc) is 2.83. The van der Waals surface area contributed by atoms with Gasteiger partial charge in [-0.25, -0.2) is 0 Å². The number of rotatable bonds is 8. The topological polar surface area (TPSA) is 34.1 Å². The number of carbonyl (C=O) groups excluding carboxylic acids is 2. The van der Waals surface area contributed by atoms with Gasteiger partial charge in [-0.2, -0.15) is 0 Å². The number of halogens is 2. The quantitative estimate of drug-likeness (QED) is 0.595. The van der Waals surface area contributed by atoms with E-state index in [-0.39, 0.29) is 10.2 Å². The molecule has 2 unspecified atom stereocenters. The lowest BCUT2D eigenvalue weighted by Crippen LogP contribution is -2.08. The van der Waals surface area contributed by atoms with E-state index >= 15 is 0 Å². The second kappa shape index (κ2) is 11.0. The Hall–Kier alpha value is 1.32. The molecule has 0 aromatic rings. The summed E-state index contributed by atoms with van der Waals surface area (Å²) in [5.41, 5.74) is 0. The van der Waals surface area contributed by atoms with Crippen LogP contribution in [-0.4, -0.2) is 49.1 Å². The van der Waals surface area contributed by atoms with Gasteiger partial charge in [0.15, 0.2) is 10.2 Å². The number of alkyl halides is 2. The van der Waals surface area contributed by atoms with Gasteiger partial charge in [0, 0.05) is 47.1 Å². The molecule has 19 heavy (non-hydrogen) atoms. The van der Waals surface area contributed by atoms with Crippen LogP contribution in [0.15, 0.2) is 0 Å². The first kappa shape index (κ1) is 18.4. The SMILES string of the molecule is O=C(CCCl)SCC1CSC(CSC(=O)CCCl)S1. The number of hydrogen-bond acceptors (Lipinski definition) is 6. The maximum atomic E-state index is 11.4. The summed E-state index contributed by atoms with van der Waals surface area (Å²) >= 11 is 17.6. The van der Waals surface area contributed by atoms with Crippen molar-refractivity contribution < 1.29 is 9.59 Å². The normalized spacial score (nSPS) is 22.6. The van der Waals surface area contributed by atoms with Crippen molar-refractivity contribution in [1.82, 2.24) is 0 Å². The van der Waals surface area contributed by atoms with Crippen LogP contribution in [-0.2, 0) is 9.59 Å². The molecule has 2 atom stereocenters. The predicted molar refractivity (Wildman–Crippen MR) is 93.2 cm³/mol. The molecule has 0 N–H and O–H groups in total. The summed E-state index contributed by atoms with van der Waals surface area (Å²) in [4.78, 5) is 22.7. The average molecular weight is 379 g/mol. The third kappa shape index (κ3) is 8.37. The van der Waals surface area contributed by atoms with Gasteiger partial charge in [0.2, 0.25) is 0 Å². The Labute approximate surface area is 141 Å². The maximum absolute atomic E-state index is 11.4. The van der Waals surface area contributed by atoms with Crippen molar-refractivity contribution in [3.8, 4) is 0 Å². The monoisotopic (exact) mass is 378 g/mol. The molecule has 0 spiro atoms. The summed E-state index contributed by atoms with van der Waals surface area (Å²) in [5.74, 6) is 3.55. The number of carbonyl (C=O) groups is 2. The third-order valence-electron chi connectivity index (χ3n) is 2.22. The molecule has 0 bridgehead atoms. The summed E-state index contributed by atoms with van der Waals surface area (Å²) in [5, 5.41) is 0.852. The molecule has 8 heteroatoms. The molecule has 1 fully saturated rings. The molecule has 0 aliphatic carbocycles. The lowest BCUT2D eigenvalue weighted by atomic mass is 10.5. The van der Waals surface area contributed by atoms with Crippen molar-refractivity contribution in [1.29, 1.82) is 0 Å². The van der Waals surface area contributed by atoms with Gasteiger partial charge in [0.05, 0.1) is 4.58 Å². The standard InChI is InChI=1S/C11H16Cl2O2S4/c12-3-1-9(14)16-5-8-6-18-11(19-8)7-17-10(15)2-4-13/h8,11H,1-7H2. The molecule has 1 saturated heterocycles. The Balaban J connectivity index is 2.12.